The van der Waals surface area contributed by atoms with E-state index in [1.54, 1.807) is 0 Å². The molecule has 0 unspecified atom stereocenters. The zero-order valence-corrected chi connectivity index (χ0v) is 11.0. The average molecular weight is 238 g/mol. The van der Waals surface area contributed by atoms with Crippen molar-refractivity contribution in [3.05, 3.63) is 12.2 Å². The summed E-state index contributed by atoms with van der Waals surface area (Å²) in [6.45, 7) is 4.73. The summed E-state index contributed by atoms with van der Waals surface area (Å²) in [5, 5.41) is 0. The molecular weight excluding hydrogens is 212 g/mol. The van der Waals surface area contributed by atoms with Crippen LogP contribution in [0.15, 0.2) is 12.2 Å². The van der Waals surface area contributed by atoms with Crippen molar-refractivity contribution < 1.29 is 9.53 Å². The second-order valence-corrected chi connectivity index (χ2v) is 5.05. The molecule has 0 bridgehead atoms. The number of hydrogen-bond acceptors (Lipinski definition) is 2. The normalized spacial score (nSPS) is 22.4. The molecule has 0 aromatic carbocycles. The smallest absolute Gasteiger partial charge is 0.305 e. The maximum absolute atomic E-state index is 11.3. The fourth-order valence-electron chi connectivity index (χ4n) is 2.21. The standard InChI is InChI=1S/C15H26O2/c1-14-10-6-3-2-4-8-12-15(16)17-13-9-5-7-11-14/h1-13H2. The van der Waals surface area contributed by atoms with Crippen molar-refractivity contribution >= 4 is 5.97 Å². The van der Waals surface area contributed by atoms with E-state index in [1.165, 1.54) is 37.7 Å². The van der Waals surface area contributed by atoms with Crippen LogP contribution in [0.2, 0.25) is 0 Å². The zero-order chi connectivity index (χ0) is 12.3. The predicted octanol–water partition coefficient (Wildman–Crippen LogP) is 4.39. The third-order valence-electron chi connectivity index (χ3n) is 3.35. The van der Waals surface area contributed by atoms with Gasteiger partial charge in [-0.05, 0) is 44.9 Å². The van der Waals surface area contributed by atoms with Crippen LogP contribution in [-0.2, 0) is 9.53 Å². The minimum Gasteiger partial charge on any atom is -0.466 e. The van der Waals surface area contributed by atoms with Crippen molar-refractivity contribution in [3.63, 3.8) is 0 Å². The molecule has 2 heteroatoms. The zero-order valence-electron chi connectivity index (χ0n) is 11.0. The van der Waals surface area contributed by atoms with Crippen LogP contribution in [0.5, 0.6) is 0 Å². The van der Waals surface area contributed by atoms with Crippen molar-refractivity contribution in [1.29, 1.82) is 0 Å². The Bertz CT molecular complexity index is 209. The maximum atomic E-state index is 11.3. The van der Waals surface area contributed by atoms with Gasteiger partial charge in [0, 0.05) is 6.42 Å². The van der Waals surface area contributed by atoms with Crippen LogP contribution in [0.4, 0.5) is 0 Å². The lowest BCUT2D eigenvalue weighted by Gasteiger charge is -2.05. The average Bonchev–Trinajstić information content (AvgIpc) is 2.32. The number of esters is 1. The van der Waals surface area contributed by atoms with E-state index in [2.05, 4.69) is 6.58 Å². The van der Waals surface area contributed by atoms with Gasteiger partial charge in [0.2, 0.25) is 0 Å². The Morgan fingerprint density at radius 1 is 0.765 bits per heavy atom. The molecule has 17 heavy (non-hydrogen) atoms. The van der Waals surface area contributed by atoms with Gasteiger partial charge in [-0.3, -0.25) is 4.79 Å². The van der Waals surface area contributed by atoms with E-state index < -0.39 is 0 Å². The largest absolute Gasteiger partial charge is 0.466 e. The Labute approximate surface area is 105 Å². The van der Waals surface area contributed by atoms with Crippen LogP contribution < -0.4 is 0 Å². The molecule has 0 aromatic heterocycles. The second kappa shape index (κ2) is 9.26. The first-order valence-electron chi connectivity index (χ1n) is 7.11. The first-order valence-corrected chi connectivity index (χ1v) is 7.11. The van der Waals surface area contributed by atoms with Crippen molar-refractivity contribution in [1.82, 2.24) is 0 Å². The highest BCUT2D eigenvalue weighted by molar-refractivity contribution is 5.69. The summed E-state index contributed by atoms with van der Waals surface area (Å²) in [7, 11) is 0. The molecule has 1 heterocycles. The molecule has 0 aliphatic carbocycles. The molecule has 1 aliphatic rings. The topological polar surface area (TPSA) is 26.3 Å². The van der Waals surface area contributed by atoms with Crippen LogP contribution >= 0.6 is 0 Å². The predicted molar refractivity (Wildman–Crippen MR) is 70.9 cm³/mol. The van der Waals surface area contributed by atoms with Crippen LogP contribution in [0.3, 0.4) is 0 Å². The summed E-state index contributed by atoms with van der Waals surface area (Å²) >= 11 is 0. The van der Waals surface area contributed by atoms with Gasteiger partial charge in [-0.1, -0.05) is 31.4 Å². The number of allylic oxidation sites excluding steroid dienone is 1. The third kappa shape index (κ3) is 8.00. The molecule has 1 aliphatic heterocycles. The van der Waals surface area contributed by atoms with Gasteiger partial charge in [0.1, 0.15) is 0 Å². The maximum Gasteiger partial charge on any atom is 0.305 e. The van der Waals surface area contributed by atoms with Gasteiger partial charge >= 0.3 is 5.97 Å². The molecule has 0 spiro atoms. The van der Waals surface area contributed by atoms with Crippen molar-refractivity contribution in [2.24, 2.45) is 0 Å². The number of carbonyl (C=O) groups excluding carboxylic acids is 1. The molecule has 0 N–H and O–H groups in total. The van der Waals surface area contributed by atoms with E-state index in [4.69, 9.17) is 4.74 Å². The lowest BCUT2D eigenvalue weighted by Crippen LogP contribution is -2.05. The van der Waals surface area contributed by atoms with E-state index in [0.29, 0.717) is 13.0 Å². The fraction of sp³-hybridized carbons (Fsp3) is 0.800. The second-order valence-electron chi connectivity index (χ2n) is 5.05. The fourth-order valence-corrected chi connectivity index (χ4v) is 2.21. The summed E-state index contributed by atoms with van der Waals surface area (Å²) in [5.74, 6) is -0.00992. The molecule has 98 valence electrons. The summed E-state index contributed by atoms with van der Waals surface area (Å²) in [5.41, 5.74) is 1.40. The van der Waals surface area contributed by atoms with Gasteiger partial charge < -0.3 is 4.74 Å². The van der Waals surface area contributed by atoms with Gasteiger partial charge in [-0.2, -0.15) is 0 Å². The van der Waals surface area contributed by atoms with Gasteiger partial charge in [0.05, 0.1) is 6.61 Å². The molecule has 0 radical (unpaired) electrons. The van der Waals surface area contributed by atoms with Crippen LogP contribution in [0.1, 0.15) is 70.6 Å². The number of hydrogen-bond donors (Lipinski definition) is 0. The quantitative estimate of drug-likeness (QED) is 0.462. The number of carbonyl (C=O) groups is 1. The number of cyclic esters (lactones) is 1. The highest BCUT2D eigenvalue weighted by Gasteiger charge is 2.03. The molecule has 2 nitrogen and oxygen atoms in total. The summed E-state index contributed by atoms with van der Waals surface area (Å²) in [6.07, 6.45) is 12.2. The highest BCUT2D eigenvalue weighted by Crippen LogP contribution is 2.16. The minimum atomic E-state index is -0.00992. The third-order valence-corrected chi connectivity index (χ3v) is 3.35. The van der Waals surface area contributed by atoms with E-state index in [9.17, 15) is 4.79 Å². The number of rotatable bonds is 0. The van der Waals surface area contributed by atoms with E-state index in [1.807, 2.05) is 0 Å². The Morgan fingerprint density at radius 3 is 2.00 bits per heavy atom. The van der Waals surface area contributed by atoms with Gasteiger partial charge in [0.15, 0.2) is 0 Å². The Hall–Kier alpha value is -0.790. The SMILES string of the molecule is C=C1CCCCCCCC(=O)OCCCCC1. The van der Waals surface area contributed by atoms with Crippen molar-refractivity contribution in [3.8, 4) is 0 Å². The Morgan fingerprint density at radius 2 is 1.29 bits per heavy atom. The highest BCUT2D eigenvalue weighted by atomic mass is 16.5. The Kier molecular flexibility index (Phi) is 7.78. The van der Waals surface area contributed by atoms with Crippen molar-refractivity contribution in [2.75, 3.05) is 6.61 Å². The summed E-state index contributed by atoms with van der Waals surface area (Å²) in [6, 6.07) is 0. The molecule has 0 saturated carbocycles. The molecule has 0 aromatic rings. The van der Waals surface area contributed by atoms with Crippen LogP contribution in [0, 0.1) is 0 Å². The van der Waals surface area contributed by atoms with E-state index in [-0.39, 0.29) is 5.97 Å². The number of ether oxygens (including phenoxy) is 1. The molecule has 1 saturated heterocycles. The van der Waals surface area contributed by atoms with E-state index >= 15 is 0 Å². The van der Waals surface area contributed by atoms with Gasteiger partial charge in [0.25, 0.3) is 0 Å². The molecule has 0 atom stereocenters. The molecule has 0 amide bonds. The van der Waals surface area contributed by atoms with Crippen LogP contribution in [-0.4, -0.2) is 12.6 Å². The molecule has 1 fully saturated rings. The van der Waals surface area contributed by atoms with Crippen LogP contribution in [0.25, 0.3) is 0 Å². The van der Waals surface area contributed by atoms with E-state index in [0.717, 1.165) is 32.1 Å². The first kappa shape index (κ1) is 14.3. The Balaban J connectivity index is 2.23. The first-order chi connectivity index (χ1) is 8.29. The monoisotopic (exact) mass is 238 g/mol. The lowest BCUT2D eigenvalue weighted by molar-refractivity contribution is -0.143. The molecule has 1 rings (SSSR count). The van der Waals surface area contributed by atoms with Gasteiger partial charge in [-0.15, -0.1) is 0 Å². The lowest BCUT2D eigenvalue weighted by atomic mass is 10.0. The molecular formula is C15H26O2. The van der Waals surface area contributed by atoms with Crippen molar-refractivity contribution in [2.45, 2.75) is 70.6 Å². The summed E-state index contributed by atoms with van der Waals surface area (Å²) < 4.78 is 5.18. The summed E-state index contributed by atoms with van der Waals surface area (Å²) in [4.78, 5) is 11.3. The van der Waals surface area contributed by atoms with Gasteiger partial charge in [-0.25, -0.2) is 0 Å². The minimum absolute atomic E-state index is 0.00992.